The van der Waals surface area contributed by atoms with Crippen LogP contribution in [0.4, 0.5) is 0 Å². The molecule has 3 heterocycles. The highest BCUT2D eigenvalue weighted by molar-refractivity contribution is 5.56. The molecule has 1 atom stereocenters. The van der Waals surface area contributed by atoms with Gasteiger partial charge in [-0.1, -0.05) is 18.2 Å². The van der Waals surface area contributed by atoms with Gasteiger partial charge in [-0.05, 0) is 18.6 Å². The van der Waals surface area contributed by atoms with Gasteiger partial charge in [-0.2, -0.15) is 5.10 Å². The number of nitrogens with two attached hydrogens (primary N) is 1. The molecule has 3 aromatic rings. The molecular formula is C13H16N6. The van der Waals surface area contributed by atoms with Gasteiger partial charge in [-0.3, -0.25) is 0 Å². The van der Waals surface area contributed by atoms with Gasteiger partial charge in [0.05, 0.1) is 29.6 Å². The van der Waals surface area contributed by atoms with Gasteiger partial charge in [0.15, 0.2) is 0 Å². The van der Waals surface area contributed by atoms with Crippen molar-refractivity contribution in [3.05, 3.63) is 48.0 Å². The fraction of sp³-hybridized carbons (Fsp3) is 0.308. The van der Waals surface area contributed by atoms with Crippen molar-refractivity contribution in [1.29, 1.82) is 0 Å². The van der Waals surface area contributed by atoms with E-state index in [1.54, 1.807) is 6.20 Å². The van der Waals surface area contributed by atoms with Gasteiger partial charge >= 0.3 is 0 Å². The Morgan fingerprint density at radius 3 is 3.05 bits per heavy atom. The second-order valence-electron chi connectivity index (χ2n) is 4.49. The maximum Gasteiger partial charge on any atom is 0.0801 e. The lowest BCUT2D eigenvalue weighted by Crippen LogP contribution is -2.17. The van der Waals surface area contributed by atoms with Crippen LogP contribution in [0.2, 0.25) is 0 Å². The minimum Gasteiger partial charge on any atom is -0.319 e. The van der Waals surface area contributed by atoms with E-state index in [4.69, 9.17) is 5.73 Å². The molecule has 0 aliphatic heterocycles. The van der Waals surface area contributed by atoms with E-state index in [1.165, 1.54) is 0 Å². The first-order chi connectivity index (χ1) is 9.31. The van der Waals surface area contributed by atoms with Gasteiger partial charge in [0.2, 0.25) is 0 Å². The number of pyridine rings is 1. The van der Waals surface area contributed by atoms with Gasteiger partial charge in [0.25, 0.3) is 0 Å². The molecule has 1 unspecified atom stereocenters. The summed E-state index contributed by atoms with van der Waals surface area (Å²) in [6.07, 6.45) is 6.45. The molecule has 0 aliphatic rings. The van der Waals surface area contributed by atoms with E-state index in [0.717, 1.165) is 29.7 Å². The third kappa shape index (κ3) is 2.00. The highest BCUT2D eigenvalue weighted by atomic mass is 15.4. The molecule has 0 aliphatic carbocycles. The SMILES string of the molecule is CCCn1nncc1C(N)c1cnn2ccccc12. The van der Waals surface area contributed by atoms with E-state index in [9.17, 15) is 0 Å². The molecule has 6 nitrogen and oxygen atoms in total. The summed E-state index contributed by atoms with van der Waals surface area (Å²) in [4.78, 5) is 0. The van der Waals surface area contributed by atoms with Crippen molar-refractivity contribution in [2.24, 2.45) is 5.73 Å². The van der Waals surface area contributed by atoms with Gasteiger partial charge in [-0.25, -0.2) is 9.20 Å². The average Bonchev–Trinajstić information content (AvgIpc) is 3.04. The van der Waals surface area contributed by atoms with Crippen molar-refractivity contribution < 1.29 is 0 Å². The predicted molar refractivity (Wildman–Crippen MR) is 71.5 cm³/mol. The molecule has 0 spiro atoms. The zero-order chi connectivity index (χ0) is 13.2. The molecule has 0 fully saturated rings. The van der Waals surface area contributed by atoms with E-state index < -0.39 is 0 Å². The van der Waals surface area contributed by atoms with Crippen molar-refractivity contribution in [1.82, 2.24) is 24.6 Å². The fourth-order valence-electron chi connectivity index (χ4n) is 2.25. The van der Waals surface area contributed by atoms with Crippen LogP contribution < -0.4 is 5.73 Å². The summed E-state index contributed by atoms with van der Waals surface area (Å²) in [5, 5.41) is 12.3. The van der Waals surface area contributed by atoms with Crippen LogP contribution >= 0.6 is 0 Å². The summed E-state index contributed by atoms with van der Waals surface area (Å²) < 4.78 is 3.68. The van der Waals surface area contributed by atoms with Crippen LogP contribution in [0.25, 0.3) is 5.52 Å². The third-order valence-electron chi connectivity index (χ3n) is 3.19. The minimum atomic E-state index is -0.263. The summed E-state index contributed by atoms with van der Waals surface area (Å²) in [7, 11) is 0. The van der Waals surface area contributed by atoms with E-state index >= 15 is 0 Å². The van der Waals surface area contributed by atoms with Crippen LogP contribution in [-0.4, -0.2) is 24.6 Å². The Bertz CT molecular complexity index is 683. The standard InChI is InChI=1S/C13H16N6/c1-2-6-19-12(9-15-17-19)13(14)10-8-16-18-7-4-3-5-11(10)18/h3-5,7-9,13H,2,6,14H2,1H3. The monoisotopic (exact) mass is 256 g/mol. The lowest BCUT2D eigenvalue weighted by Gasteiger charge is -2.11. The summed E-state index contributed by atoms with van der Waals surface area (Å²) in [6, 6.07) is 5.67. The molecule has 0 aromatic carbocycles. The molecular weight excluding hydrogens is 240 g/mol. The van der Waals surface area contributed by atoms with Crippen LogP contribution in [-0.2, 0) is 6.54 Å². The summed E-state index contributed by atoms with van der Waals surface area (Å²) in [5.74, 6) is 0. The van der Waals surface area contributed by atoms with Gasteiger partial charge in [-0.15, -0.1) is 5.10 Å². The molecule has 98 valence electrons. The minimum absolute atomic E-state index is 0.263. The zero-order valence-corrected chi connectivity index (χ0v) is 10.8. The van der Waals surface area contributed by atoms with Crippen LogP contribution in [0.15, 0.2) is 36.8 Å². The van der Waals surface area contributed by atoms with Gasteiger partial charge in [0, 0.05) is 18.3 Å². The van der Waals surface area contributed by atoms with E-state index in [0.29, 0.717) is 0 Å². The number of aromatic nitrogens is 5. The highest BCUT2D eigenvalue weighted by Gasteiger charge is 2.18. The van der Waals surface area contributed by atoms with E-state index in [1.807, 2.05) is 39.8 Å². The van der Waals surface area contributed by atoms with Gasteiger partial charge in [0.1, 0.15) is 0 Å². The molecule has 0 saturated carbocycles. The maximum atomic E-state index is 6.35. The normalized spacial score (nSPS) is 12.9. The van der Waals surface area contributed by atoms with Crippen LogP contribution in [0.3, 0.4) is 0 Å². The molecule has 0 amide bonds. The Hall–Kier alpha value is -2.21. The van der Waals surface area contributed by atoms with Gasteiger partial charge < -0.3 is 5.73 Å². The first kappa shape index (κ1) is 11.9. The first-order valence-electron chi connectivity index (χ1n) is 6.37. The molecule has 3 aromatic heterocycles. The number of hydrogen-bond acceptors (Lipinski definition) is 4. The van der Waals surface area contributed by atoms with Crippen LogP contribution in [0, 0.1) is 0 Å². The Labute approximate surface area is 110 Å². The summed E-state index contributed by atoms with van der Waals surface area (Å²) in [5.41, 5.74) is 9.26. The smallest absolute Gasteiger partial charge is 0.0801 e. The molecule has 19 heavy (non-hydrogen) atoms. The fourth-order valence-corrected chi connectivity index (χ4v) is 2.25. The second-order valence-corrected chi connectivity index (χ2v) is 4.49. The van der Waals surface area contributed by atoms with Crippen LogP contribution in [0.1, 0.15) is 30.6 Å². The van der Waals surface area contributed by atoms with E-state index in [-0.39, 0.29) is 6.04 Å². The average molecular weight is 256 g/mol. The summed E-state index contributed by atoms with van der Waals surface area (Å²) >= 11 is 0. The molecule has 6 heteroatoms. The van der Waals surface area contributed by atoms with Crippen molar-refractivity contribution in [3.63, 3.8) is 0 Å². The van der Waals surface area contributed by atoms with Crippen molar-refractivity contribution in [2.45, 2.75) is 25.9 Å². The number of nitrogens with zero attached hydrogens (tertiary/aromatic N) is 5. The second kappa shape index (κ2) is 4.81. The maximum absolute atomic E-state index is 6.35. The number of aryl methyl sites for hydroxylation is 1. The quantitative estimate of drug-likeness (QED) is 0.765. The lowest BCUT2D eigenvalue weighted by molar-refractivity contribution is 0.544. The largest absolute Gasteiger partial charge is 0.319 e. The first-order valence-corrected chi connectivity index (χ1v) is 6.37. The molecule has 0 bridgehead atoms. The molecule has 3 rings (SSSR count). The zero-order valence-electron chi connectivity index (χ0n) is 10.8. The Kier molecular flexibility index (Phi) is 3.00. The van der Waals surface area contributed by atoms with E-state index in [2.05, 4.69) is 22.3 Å². The Morgan fingerprint density at radius 1 is 1.32 bits per heavy atom. The number of fused-ring (bicyclic) bond motifs is 1. The molecule has 0 radical (unpaired) electrons. The lowest BCUT2D eigenvalue weighted by atomic mass is 10.1. The Balaban J connectivity index is 2.03. The van der Waals surface area contributed by atoms with Crippen molar-refractivity contribution >= 4 is 5.52 Å². The van der Waals surface area contributed by atoms with Crippen LogP contribution in [0.5, 0.6) is 0 Å². The summed E-state index contributed by atoms with van der Waals surface area (Å²) in [6.45, 7) is 2.93. The Morgan fingerprint density at radius 2 is 2.21 bits per heavy atom. The molecule has 0 saturated heterocycles. The molecule has 2 N–H and O–H groups in total. The number of rotatable bonds is 4. The van der Waals surface area contributed by atoms with Crippen molar-refractivity contribution in [3.8, 4) is 0 Å². The van der Waals surface area contributed by atoms with Crippen molar-refractivity contribution in [2.75, 3.05) is 0 Å². The topological polar surface area (TPSA) is 74.0 Å². The predicted octanol–water partition coefficient (Wildman–Crippen LogP) is 1.38. The number of hydrogen-bond donors (Lipinski definition) is 1. The highest BCUT2D eigenvalue weighted by Crippen LogP contribution is 2.22. The third-order valence-corrected chi connectivity index (χ3v) is 3.19.